The monoisotopic (exact) mass is 396 g/mol. The molecule has 3 N–H and O–H groups in total. The Bertz CT molecular complexity index is 921. The summed E-state index contributed by atoms with van der Waals surface area (Å²) in [5.41, 5.74) is 2.24. The molecule has 0 aromatic heterocycles. The summed E-state index contributed by atoms with van der Waals surface area (Å²) >= 11 is 0. The molecule has 29 heavy (non-hydrogen) atoms. The van der Waals surface area contributed by atoms with Crippen molar-refractivity contribution in [1.29, 1.82) is 5.26 Å². The fourth-order valence-corrected chi connectivity index (χ4v) is 2.55. The first-order valence-electron chi connectivity index (χ1n) is 9.05. The van der Waals surface area contributed by atoms with Gasteiger partial charge in [-0.15, -0.1) is 0 Å². The molecule has 0 heterocycles. The third-order valence-corrected chi connectivity index (χ3v) is 3.90. The fraction of sp³-hybridized carbons (Fsp3) is 0.286. The summed E-state index contributed by atoms with van der Waals surface area (Å²) < 4.78 is 10.2. The number of hydrogen-bond acceptors (Lipinski definition) is 5. The zero-order valence-corrected chi connectivity index (χ0v) is 16.8. The summed E-state index contributed by atoms with van der Waals surface area (Å²) in [6.07, 6.45) is -0.710. The zero-order chi connectivity index (χ0) is 21.4. The Hall–Kier alpha value is -3.73. The molecule has 1 unspecified atom stereocenters. The average Bonchev–Trinajstić information content (AvgIpc) is 2.67. The van der Waals surface area contributed by atoms with Crippen LogP contribution in [0.15, 0.2) is 42.5 Å². The van der Waals surface area contributed by atoms with Crippen molar-refractivity contribution in [1.82, 2.24) is 5.32 Å². The number of nitrogens with zero attached hydrogens (tertiary/aromatic N) is 1. The molecule has 8 nitrogen and oxygen atoms in total. The van der Waals surface area contributed by atoms with Crippen LogP contribution >= 0.6 is 0 Å². The topological polar surface area (TPSA) is 112 Å². The minimum absolute atomic E-state index is 0.209. The molecule has 2 aromatic carbocycles. The van der Waals surface area contributed by atoms with Gasteiger partial charge in [0.1, 0.15) is 11.8 Å². The van der Waals surface area contributed by atoms with Crippen molar-refractivity contribution in [3.63, 3.8) is 0 Å². The van der Waals surface area contributed by atoms with Crippen molar-refractivity contribution in [3.05, 3.63) is 53.6 Å². The molecule has 8 heteroatoms. The number of nitrogens with one attached hydrogen (secondary N) is 3. The molecule has 2 aromatic rings. The molecule has 152 valence electrons. The number of anilines is 2. The molecule has 3 amide bonds. The number of nitriles is 1. The van der Waals surface area contributed by atoms with E-state index < -0.39 is 12.1 Å². The van der Waals surface area contributed by atoms with Crippen LogP contribution in [0.25, 0.3) is 0 Å². The Kier molecular flexibility index (Phi) is 7.43. The van der Waals surface area contributed by atoms with E-state index in [1.54, 1.807) is 50.2 Å². The maximum absolute atomic E-state index is 12.3. The first-order chi connectivity index (χ1) is 13.8. The maximum atomic E-state index is 12.3. The summed E-state index contributed by atoms with van der Waals surface area (Å²) in [4.78, 5) is 24.1. The van der Waals surface area contributed by atoms with Crippen LogP contribution in [0.3, 0.4) is 0 Å². The van der Waals surface area contributed by atoms with Gasteiger partial charge in [0.15, 0.2) is 0 Å². The van der Waals surface area contributed by atoms with Crippen LogP contribution in [0.2, 0.25) is 0 Å². The van der Waals surface area contributed by atoms with Crippen LogP contribution in [-0.4, -0.2) is 25.3 Å². The summed E-state index contributed by atoms with van der Waals surface area (Å²) in [6, 6.07) is 13.1. The maximum Gasteiger partial charge on any atom is 0.407 e. The third-order valence-electron chi connectivity index (χ3n) is 3.90. The number of benzene rings is 2. The predicted octanol–water partition coefficient (Wildman–Crippen LogP) is 4.41. The van der Waals surface area contributed by atoms with E-state index >= 15 is 0 Å². The number of methoxy groups -OCH3 is 1. The highest BCUT2D eigenvalue weighted by Crippen LogP contribution is 2.23. The van der Waals surface area contributed by atoms with E-state index in [-0.39, 0.29) is 12.1 Å². The second-order valence-corrected chi connectivity index (χ2v) is 6.55. The van der Waals surface area contributed by atoms with Gasteiger partial charge in [0.05, 0.1) is 24.8 Å². The largest absolute Gasteiger partial charge is 0.495 e. The quantitative estimate of drug-likeness (QED) is 0.670. The molecule has 0 spiro atoms. The van der Waals surface area contributed by atoms with Crippen LogP contribution in [0.5, 0.6) is 5.75 Å². The van der Waals surface area contributed by atoms with E-state index in [0.717, 1.165) is 5.56 Å². The van der Waals surface area contributed by atoms with E-state index in [0.29, 0.717) is 22.7 Å². The third kappa shape index (κ3) is 6.43. The van der Waals surface area contributed by atoms with Gasteiger partial charge in [-0.1, -0.05) is 12.1 Å². The number of rotatable bonds is 6. The zero-order valence-electron chi connectivity index (χ0n) is 16.8. The number of amides is 3. The Balaban J connectivity index is 2.01. The molecule has 0 radical (unpaired) electrons. The lowest BCUT2D eigenvalue weighted by Crippen LogP contribution is -2.29. The number of carbonyl (C=O) groups excluding carboxylic acids is 2. The second kappa shape index (κ2) is 9.99. The van der Waals surface area contributed by atoms with Gasteiger partial charge >= 0.3 is 12.1 Å². The van der Waals surface area contributed by atoms with Crippen molar-refractivity contribution in [3.8, 4) is 11.8 Å². The molecule has 0 aliphatic carbocycles. The Morgan fingerprint density at radius 1 is 1.03 bits per heavy atom. The van der Waals surface area contributed by atoms with Crippen molar-refractivity contribution >= 4 is 23.5 Å². The van der Waals surface area contributed by atoms with Gasteiger partial charge < -0.3 is 25.4 Å². The minimum atomic E-state index is -0.502. The van der Waals surface area contributed by atoms with E-state index in [4.69, 9.17) is 14.7 Å². The van der Waals surface area contributed by atoms with E-state index in [9.17, 15) is 9.59 Å². The Morgan fingerprint density at radius 2 is 1.72 bits per heavy atom. The summed E-state index contributed by atoms with van der Waals surface area (Å²) in [5.74, 6) is 0.375. The van der Waals surface area contributed by atoms with E-state index in [1.165, 1.54) is 7.11 Å². The normalized spacial score (nSPS) is 11.2. The molecule has 0 saturated carbocycles. The highest BCUT2D eigenvalue weighted by molar-refractivity contribution is 6.00. The van der Waals surface area contributed by atoms with Crippen LogP contribution in [0.1, 0.15) is 37.9 Å². The van der Waals surface area contributed by atoms with Gasteiger partial charge in [-0.3, -0.25) is 0 Å². The predicted molar refractivity (Wildman–Crippen MR) is 110 cm³/mol. The van der Waals surface area contributed by atoms with Crippen LogP contribution in [0.4, 0.5) is 21.0 Å². The summed E-state index contributed by atoms with van der Waals surface area (Å²) in [5, 5.41) is 17.2. The van der Waals surface area contributed by atoms with E-state index in [1.807, 2.05) is 19.1 Å². The van der Waals surface area contributed by atoms with Gasteiger partial charge in [-0.25, -0.2) is 9.59 Å². The Morgan fingerprint density at radius 3 is 2.34 bits per heavy atom. The second-order valence-electron chi connectivity index (χ2n) is 6.55. The first kappa shape index (κ1) is 21.6. The van der Waals surface area contributed by atoms with E-state index in [2.05, 4.69) is 16.0 Å². The van der Waals surface area contributed by atoms with Crippen molar-refractivity contribution < 1.29 is 19.1 Å². The number of ether oxygens (including phenoxy) is 2. The molecule has 0 saturated heterocycles. The number of urea groups is 1. The number of carbonyl (C=O) groups is 2. The molecule has 0 aliphatic rings. The molecule has 0 aliphatic heterocycles. The van der Waals surface area contributed by atoms with Crippen molar-refractivity contribution in [2.24, 2.45) is 0 Å². The molecule has 2 rings (SSSR count). The summed E-state index contributed by atoms with van der Waals surface area (Å²) in [6.45, 7) is 5.37. The highest BCUT2D eigenvalue weighted by Gasteiger charge is 2.13. The van der Waals surface area contributed by atoms with Crippen LogP contribution < -0.4 is 20.7 Å². The van der Waals surface area contributed by atoms with Gasteiger partial charge in [0.25, 0.3) is 0 Å². The van der Waals surface area contributed by atoms with Gasteiger partial charge in [0.2, 0.25) is 0 Å². The smallest absolute Gasteiger partial charge is 0.407 e. The van der Waals surface area contributed by atoms with Gasteiger partial charge in [-0.05, 0) is 50.6 Å². The van der Waals surface area contributed by atoms with Crippen molar-refractivity contribution in [2.75, 3.05) is 17.7 Å². The lowest BCUT2D eigenvalue weighted by Gasteiger charge is -2.17. The SMILES string of the molecule is COc1cc(NC(=O)Nc2cccc(C(C)NC(=O)OC(C)C)c2)ccc1C#N. The van der Waals surface area contributed by atoms with Crippen LogP contribution in [-0.2, 0) is 4.74 Å². The molecular formula is C21H24N4O4. The molecular weight excluding hydrogens is 372 g/mol. The number of alkyl carbamates (subject to hydrolysis) is 1. The standard InChI is InChI=1S/C21H24N4O4/c1-13(2)29-21(27)23-14(3)15-6-5-7-17(10-15)24-20(26)25-18-9-8-16(12-22)19(11-18)28-4/h5-11,13-14H,1-4H3,(H,23,27)(H2,24,25,26). The van der Waals surface area contributed by atoms with Crippen molar-refractivity contribution in [2.45, 2.75) is 32.9 Å². The lowest BCUT2D eigenvalue weighted by molar-refractivity contribution is 0.113. The Labute approximate surface area is 169 Å². The van der Waals surface area contributed by atoms with Crippen LogP contribution in [0, 0.1) is 11.3 Å². The number of hydrogen-bond donors (Lipinski definition) is 3. The highest BCUT2D eigenvalue weighted by atomic mass is 16.6. The molecule has 1 atom stereocenters. The first-order valence-corrected chi connectivity index (χ1v) is 9.05. The molecule has 0 fully saturated rings. The molecule has 0 bridgehead atoms. The summed E-state index contributed by atoms with van der Waals surface area (Å²) in [7, 11) is 1.46. The van der Waals surface area contributed by atoms with Gasteiger partial charge in [0, 0.05) is 17.4 Å². The fourth-order valence-electron chi connectivity index (χ4n) is 2.55. The minimum Gasteiger partial charge on any atom is -0.495 e. The van der Waals surface area contributed by atoms with Gasteiger partial charge in [-0.2, -0.15) is 5.26 Å². The average molecular weight is 396 g/mol. The lowest BCUT2D eigenvalue weighted by atomic mass is 10.1.